The number of ether oxygens (including phenoxy) is 3. The van der Waals surface area contributed by atoms with Crippen molar-refractivity contribution in [1.82, 2.24) is 4.98 Å². The average Bonchev–Trinajstić information content (AvgIpc) is 3.32. The minimum absolute atomic E-state index is 0.0174. The Morgan fingerprint density at radius 3 is 2.37 bits per heavy atom. The molecule has 4 rings (SSSR count). The maximum absolute atomic E-state index is 13.5. The van der Waals surface area contributed by atoms with Crippen LogP contribution in [0.3, 0.4) is 0 Å². The van der Waals surface area contributed by atoms with Crippen LogP contribution in [0.2, 0.25) is 0 Å². The molecule has 1 aliphatic rings. The van der Waals surface area contributed by atoms with Gasteiger partial charge in [-0.1, -0.05) is 89.3 Å². The van der Waals surface area contributed by atoms with E-state index in [1.807, 2.05) is 36.4 Å². The topological polar surface area (TPSA) is 91.8 Å². The molecule has 3 aromatic rings. The van der Waals surface area contributed by atoms with Gasteiger partial charge in [0.2, 0.25) is 0 Å². The number of benzene rings is 2. The summed E-state index contributed by atoms with van der Waals surface area (Å²) in [5.41, 5.74) is 3.44. The van der Waals surface area contributed by atoms with Gasteiger partial charge >= 0.3 is 11.9 Å². The summed E-state index contributed by atoms with van der Waals surface area (Å²) in [6, 6.07) is 17.4. The van der Waals surface area contributed by atoms with Gasteiger partial charge in [0, 0.05) is 22.3 Å². The van der Waals surface area contributed by atoms with Crippen molar-refractivity contribution in [3.05, 3.63) is 77.0 Å². The van der Waals surface area contributed by atoms with Gasteiger partial charge in [-0.25, -0.2) is 4.98 Å². The van der Waals surface area contributed by atoms with Gasteiger partial charge in [-0.05, 0) is 49.9 Å². The molecule has 1 aliphatic carbocycles. The first kappa shape index (κ1) is 35.2. The summed E-state index contributed by atoms with van der Waals surface area (Å²) in [4.78, 5) is 43.4. The normalized spacial score (nSPS) is 13.0. The molecule has 0 atom stereocenters. The number of hydrogen-bond acceptors (Lipinski definition) is 8. The highest BCUT2D eigenvalue weighted by molar-refractivity contribution is 8.00. The fourth-order valence-corrected chi connectivity index (χ4v) is 6.29. The number of thioether (sulfide) groups is 1. The smallest absolute Gasteiger partial charge is 0.315 e. The molecule has 0 amide bonds. The maximum Gasteiger partial charge on any atom is 0.315 e. The summed E-state index contributed by atoms with van der Waals surface area (Å²) < 4.78 is 17.1. The number of aromatic nitrogens is 1. The zero-order valence-electron chi connectivity index (χ0n) is 27.9. The van der Waals surface area contributed by atoms with Gasteiger partial charge in [0.15, 0.2) is 5.78 Å². The predicted molar refractivity (Wildman–Crippen MR) is 186 cm³/mol. The Morgan fingerprint density at radius 1 is 0.870 bits per heavy atom. The highest BCUT2D eigenvalue weighted by Gasteiger charge is 2.33. The second kappa shape index (κ2) is 16.8. The van der Waals surface area contributed by atoms with Crippen LogP contribution in [0.4, 0.5) is 0 Å². The number of carbonyl (C=O) groups is 3. The van der Waals surface area contributed by atoms with Crippen molar-refractivity contribution in [2.45, 2.75) is 79.1 Å². The van der Waals surface area contributed by atoms with Crippen LogP contribution in [0.5, 0.6) is 0 Å². The van der Waals surface area contributed by atoms with Gasteiger partial charge in [0.1, 0.15) is 19.0 Å². The second-order valence-electron chi connectivity index (χ2n) is 12.7. The van der Waals surface area contributed by atoms with Gasteiger partial charge in [-0.3, -0.25) is 14.4 Å². The van der Waals surface area contributed by atoms with E-state index in [1.165, 1.54) is 43.0 Å². The van der Waals surface area contributed by atoms with Crippen LogP contribution in [-0.4, -0.2) is 54.0 Å². The summed E-state index contributed by atoms with van der Waals surface area (Å²) in [5.74, 6) is 0.683. The Balaban J connectivity index is 1.30. The Morgan fingerprint density at radius 2 is 1.61 bits per heavy atom. The molecule has 0 bridgehead atoms. The van der Waals surface area contributed by atoms with Gasteiger partial charge < -0.3 is 14.2 Å². The minimum atomic E-state index is -0.797. The van der Waals surface area contributed by atoms with E-state index < -0.39 is 5.41 Å². The molecule has 1 aromatic heterocycles. The number of rotatable bonds is 18. The molecule has 7 nitrogen and oxygen atoms in total. The third kappa shape index (κ3) is 9.21. The molecule has 0 radical (unpaired) electrons. The van der Waals surface area contributed by atoms with Crippen LogP contribution in [0, 0.1) is 5.41 Å². The monoisotopic (exact) mass is 645 g/mol. The minimum Gasteiger partial charge on any atom is -0.489 e. The zero-order valence-corrected chi connectivity index (χ0v) is 28.7. The first-order chi connectivity index (χ1) is 22.1. The molecule has 0 fully saturated rings. The van der Waals surface area contributed by atoms with E-state index in [0.29, 0.717) is 46.4 Å². The number of ketones is 1. The first-order valence-electron chi connectivity index (χ1n) is 16.4. The fourth-order valence-electron chi connectivity index (χ4n) is 5.31. The second-order valence-corrected chi connectivity index (χ2v) is 13.7. The van der Waals surface area contributed by atoms with Gasteiger partial charge in [-0.2, -0.15) is 0 Å². The van der Waals surface area contributed by atoms with Gasteiger partial charge in [0.25, 0.3) is 0 Å². The summed E-state index contributed by atoms with van der Waals surface area (Å²) in [7, 11) is 0. The first-order valence-corrected chi connectivity index (χ1v) is 17.6. The van der Waals surface area contributed by atoms with E-state index in [2.05, 4.69) is 32.9 Å². The lowest BCUT2D eigenvalue weighted by atomic mass is 9.97. The molecule has 46 heavy (non-hydrogen) atoms. The SMILES string of the molecule is CCCCCCCCOC(=O)CSCC(C)(C)C(=O)OCCOC1=C(c2ccc3cc(C(C)C)ccc3n2)C(=O)c2ccccc21. The van der Waals surface area contributed by atoms with Crippen LogP contribution < -0.4 is 0 Å². The zero-order chi connectivity index (χ0) is 33.1. The molecule has 0 unspecified atom stereocenters. The van der Waals surface area contributed by atoms with Crippen molar-refractivity contribution in [2.24, 2.45) is 5.41 Å². The number of allylic oxidation sites excluding steroid dienone is 1. The predicted octanol–water partition coefficient (Wildman–Crippen LogP) is 8.65. The quantitative estimate of drug-likeness (QED) is 0.100. The lowest BCUT2D eigenvalue weighted by Crippen LogP contribution is -2.30. The molecule has 0 saturated carbocycles. The van der Waals surface area contributed by atoms with Crippen molar-refractivity contribution in [2.75, 3.05) is 31.3 Å². The van der Waals surface area contributed by atoms with E-state index >= 15 is 0 Å². The molecule has 0 spiro atoms. The van der Waals surface area contributed by atoms with Crippen LogP contribution in [-0.2, 0) is 23.8 Å². The van der Waals surface area contributed by atoms with Crippen molar-refractivity contribution >= 4 is 51.7 Å². The van der Waals surface area contributed by atoms with Gasteiger partial charge in [-0.15, -0.1) is 11.8 Å². The number of esters is 2. The highest BCUT2D eigenvalue weighted by Crippen LogP contribution is 2.39. The Kier molecular flexibility index (Phi) is 12.8. The lowest BCUT2D eigenvalue weighted by Gasteiger charge is -2.22. The molecular weight excluding hydrogens is 598 g/mol. The number of hydrogen-bond donors (Lipinski definition) is 0. The average molecular weight is 646 g/mol. The molecule has 1 heterocycles. The summed E-state index contributed by atoms with van der Waals surface area (Å²) >= 11 is 1.37. The molecular formula is C38H47NO6S. The number of nitrogens with zero attached hydrogens (tertiary/aromatic N) is 1. The largest absolute Gasteiger partial charge is 0.489 e. The molecule has 0 N–H and O–H groups in total. The highest BCUT2D eigenvalue weighted by atomic mass is 32.2. The van der Waals surface area contributed by atoms with E-state index in [1.54, 1.807) is 19.9 Å². The lowest BCUT2D eigenvalue weighted by molar-refractivity contribution is -0.153. The van der Waals surface area contributed by atoms with Crippen LogP contribution >= 0.6 is 11.8 Å². The summed E-state index contributed by atoms with van der Waals surface area (Å²) in [6.07, 6.45) is 6.82. The van der Waals surface area contributed by atoms with Crippen LogP contribution in [0.15, 0.2) is 54.6 Å². The standard InChI is InChI=1S/C38H47NO6S/c1-6-7-8-9-10-13-20-43-33(40)24-46-25-38(4,5)37(42)45-22-21-44-36-30-15-12-11-14-29(30)35(41)34(36)32-19-17-28-23-27(26(2)3)16-18-31(28)39-32/h11-12,14-19,23,26H,6-10,13,20-22,24-25H2,1-5H3. The molecule has 2 aromatic carbocycles. The Bertz CT molecular complexity index is 1560. The van der Waals surface area contributed by atoms with E-state index in [9.17, 15) is 14.4 Å². The number of fused-ring (bicyclic) bond motifs is 2. The number of pyridine rings is 1. The fraction of sp³-hybridized carbons (Fsp3) is 0.474. The van der Waals surface area contributed by atoms with E-state index in [4.69, 9.17) is 19.2 Å². The van der Waals surface area contributed by atoms with E-state index in [-0.39, 0.29) is 36.7 Å². The van der Waals surface area contributed by atoms with Crippen molar-refractivity contribution in [1.29, 1.82) is 0 Å². The van der Waals surface area contributed by atoms with Crippen molar-refractivity contribution in [3.63, 3.8) is 0 Å². The summed E-state index contributed by atoms with van der Waals surface area (Å²) in [6.45, 7) is 10.6. The van der Waals surface area contributed by atoms with E-state index in [0.717, 1.165) is 23.7 Å². The van der Waals surface area contributed by atoms with Crippen LogP contribution in [0.1, 0.15) is 106 Å². The van der Waals surface area contributed by atoms with Crippen molar-refractivity contribution in [3.8, 4) is 0 Å². The Hall–Kier alpha value is -3.65. The van der Waals surface area contributed by atoms with Crippen LogP contribution in [0.25, 0.3) is 22.2 Å². The molecule has 246 valence electrons. The number of carbonyl (C=O) groups excluding carboxylic acids is 3. The molecule has 8 heteroatoms. The third-order valence-electron chi connectivity index (χ3n) is 8.07. The van der Waals surface area contributed by atoms with Crippen molar-refractivity contribution < 1.29 is 28.6 Å². The Labute approximate surface area is 277 Å². The molecule has 0 aliphatic heterocycles. The number of unbranched alkanes of at least 4 members (excludes halogenated alkanes) is 5. The third-order valence-corrected chi connectivity index (χ3v) is 9.43. The maximum atomic E-state index is 13.5. The number of Topliss-reactive ketones (excluding diaryl/α,β-unsaturated/α-hetero) is 1. The molecule has 0 saturated heterocycles. The summed E-state index contributed by atoms with van der Waals surface area (Å²) in [5, 5.41) is 1.01. The van der Waals surface area contributed by atoms with Gasteiger partial charge in [0.05, 0.1) is 34.6 Å².